The molecule has 1 unspecified atom stereocenters. The highest BCUT2D eigenvalue weighted by molar-refractivity contribution is 7.72. The van der Waals surface area contributed by atoms with Crippen LogP contribution in [0.5, 0.6) is 5.75 Å². The lowest BCUT2D eigenvalue weighted by molar-refractivity contribution is 0.349. The van der Waals surface area contributed by atoms with Crippen LogP contribution in [-0.2, 0) is 10.7 Å². The zero-order valence-electron chi connectivity index (χ0n) is 7.54. The Hall–Kier alpha value is -1.24. The number of alkyl halides is 1. The van der Waals surface area contributed by atoms with E-state index in [4.69, 9.17) is 0 Å². The molecule has 0 spiro atoms. The minimum atomic E-state index is -3.47. The minimum Gasteiger partial charge on any atom is -0.491 e. The number of hydrogen-bond donors (Lipinski definition) is 1. The van der Waals surface area contributed by atoms with Gasteiger partial charge in [-0.15, -0.1) is 0 Å². The van der Waals surface area contributed by atoms with Crippen LogP contribution in [0.3, 0.4) is 0 Å². The van der Waals surface area contributed by atoms with Crippen LogP contribution in [0.2, 0.25) is 0 Å². The van der Waals surface area contributed by atoms with Gasteiger partial charge in [-0.1, -0.05) is 0 Å². The molecule has 0 aliphatic heterocycles. The van der Waals surface area contributed by atoms with Gasteiger partial charge in [-0.25, -0.2) is 21.6 Å². The Kier molecular flexibility index (Phi) is 3.57. The summed E-state index contributed by atoms with van der Waals surface area (Å²) >= 11 is 0. The highest BCUT2D eigenvalue weighted by atomic mass is 32.2. The predicted octanol–water partition coefficient (Wildman–Crippen LogP) is 1.55. The van der Waals surface area contributed by atoms with Crippen LogP contribution in [0.1, 0.15) is 11.1 Å². The maximum Gasteiger partial charge on any atom is 0.226 e. The van der Waals surface area contributed by atoms with Gasteiger partial charge < -0.3 is 4.74 Å². The number of rotatable bonds is 3. The Morgan fingerprint density at radius 2 is 1.93 bits per heavy atom. The summed E-state index contributed by atoms with van der Waals surface area (Å²) in [6.45, 7) is 0. The molecule has 0 radical (unpaired) electrons. The van der Waals surface area contributed by atoms with Gasteiger partial charge in [-0.3, -0.25) is 0 Å². The fourth-order valence-electron chi connectivity index (χ4n) is 1.03. The highest BCUT2D eigenvalue weighted by Gasteiger charge is 2.22. The molecule has 0 aliphatic rings. The van der Waals surface area contributed by atoms with Crippen molar-refractivity contribution >= 4 is 10.7 Å². The van der Waals surface area contributed by atoms with E-state index in [0.29, 0.717) is 0 Å². The van der Waals surface area contributed by atoms with E-state index < -0.39 is 39.2 Å². The molecule has 0 heterocycles. The van der Waals surface area contributed by atoms with Gasteiger partial charge in [0.1, 0.15) is 0 Å². The Bertz CT molecular complexity index is 437. The molecule has 0 fully saturated rings. The van der Waals surface area contributed by atoms with E-state index in [1.54, 1.807) is 0 Å². The van der Waals surface area contributed by atoms with Crippen molar-refractivity contribution in [3.63, 3.8) is 0 Å². The lowest BCUT2D eigenvalue weighted by atomic mass is 10.2. The lowest BCUT2D eigenvalue weighted by Crippen LogP contribution is -2.02. The summed E-state index contributed by atoms with van der Waals surface area (Å²) in [5.74, 6) is -3.16. The largest absolute Gasteiger partial charge is 0.491 e. The first kappa shape index (κ1) is 11.8. The summed E-state index contributed by atoms with van der Waals surface area (Å²) in [6.07, 6.45) is 0. The molecule has 84 valence electrons. The van der Waals surface area contributed by atoms with Gasteiger partial charge in [0.15, 0.2) is 28.1 Å². The van der Waals surface area contributed by atoms with Crippen molar-refractivity contribution in [1.29, 1.82) is 0 Å². The van der Waals surface area contributed by atoms with E-state index in [0.717, 1.165) is 19.2 Å². The molecular weight excluding hydrogens is 233 g/mol. The fraction of sp³-hybridized carbons (Fsp3) is 0.250. The molecule has 0 bridgehead atoms. The van der Waals surface area contributed by atoms with Crippen LogP contribution in [-0.4, -0.2) is 15.5 Å². The third-order valence-corrected chi connectivity index (χ3v) is 2.37. The monoisotopic (exact) mass is 240 g/mol. The topological polar surface area (TPSA) is 43.4 Å². The molecule has 0 aliphatic carbocycles. The smallest absolute Gasteiger partial charge is 0.226 e. The van der Waals surface area contributed by atoms with Crippen LogP contribution in [0.4, 0.5) is 13.2 Å². The third-order valence-electron chi connectivity index (χ3n) is 1.72. The molecular formula is C8H7F3O3S. The van der Waals surface area contributed by atoms with Crippen molar-refractivity contribution < 1.29 is 26.3 Å². The number of ether oxygens (including phenoxy) is 1. The van der Waals surface area contributed by atoms with Crippen molar-refractivity contribution in [3.8, 4) is 5.75 Å². The van der Waals surface area contributed by atoms with E-state index in [1.165, 1.54) is 0 Å². The van der Waals surface area contributed by atoms with Crippen molar-refractivity contribution in [2.45, 2.75) is 5.50 Å². The van der Waals surface area contributed by atoms with Gasteiger partial charge >= 0.3 is 0 Å². The maximum atomic E-state index is 13.3. The summed E-state index contributed by atoms with van der Waals surface area (Å²) in [6, 6.07) is 1.46. The SMILES string of the molecule is COc1c(F)ccc(C(F)[SH](=O)=O)c1F. The third kappa shape index (κ3) is 2.23. The Morgan fingerprint density at radius 1 is 1.33 bits per heavy atom. The molecule has 0 amide bonds. The molecule has 0 saturated heterocycles. The number of thiol groups is 1. The zero-order valence-corrected chi connectivity index (χ0v) is 8.43. The molecule has 0 aromatic heterocycles. The Balaban J connectivity index is 3.33. The molecule has 1 aromatic rings. The van der Waals surface area contributed by atoms with Gasteiger partial charge in [-0.2, -0.15) is 0 Å². The van der Waals surface area contributed by atoms with Crippen molar-refractivity contribution in [3.05, 3.63) is 29.3 Å². The second kappa shape index (κ2) is 4.52. The molecule has 7 heteroatoms. The molecule has 15 heavy (non-hydrogen) atoms. The van der Waals surface area contributed by atoms with Crippen molar-refractivity contribution in [2.24, 2.45) is 0 Å². The maximum absolute atomic E-state index is 13.3. The zero-order chi connectivity index (χ0) is 11.6. The fourth-order valence-corrected chi connectivity index (χ4v) is 1.46. The van der Waals surface area contributed by atoms with Crippen LogP contribution in [0, 0.1) is 11.6 Å². The first-order chi connectivity index (χ1) is 6.99. The molecule has 0 N–H and O–H groups in total. The van der Waals surface area contributed by atoms with Crippen LogP contribution in [0.25, 0.3) is 0 Å². The van der Waals surface area contributed by atoms with E-state index in [-0.39, 0.29) is 0 Å². The highest BCUT2D eigenvalue weighted by Crippen LogP contribution is 2.29. The second-order valence-electron chi connectivity index (χ2n) is 2.60. The Morgan fingerprint density at radius 3 is 2.40 bits per heavy atom. The molecule has 1 atom stereocenters. The first-order valence-electron chi connectivity index (χ1n) is 3.78. The number of benzene rings is 1. The normalized spacial score (nSPS) is 12.9. The summed E-state index contributed by atoms with van der Waals surface area (Å²) < 4.78 is 64.0. The standard InChI is InChI=1S/C8H7F3O3S/c1-14-7-5(9)3-2-4(6(7)10)8(11)15(12)13/h2-3,8,15H,1H3. The van der Waals surface area contributed by atoms with Gasteiger partial charge in [-0.05, 0) is 12.1 Å². The molecule has 1 rings (SSSR count). The molecule has 3 nitrogen and oxygen atoms in total. The average molecular weight is 240 g/mol. The van der Waals surface area contributed by atoms with E-state index in [1.807, 2.05) is 0 Å². The van der Waals surface area contributed by atoms with Crippen LogP contribution < -0.4 is 4.74 Å². The first-order valence-corrected chi connectivity index (χ1v) is 5.03. The van der Waals surface area contributed by atoms with Crippen molar-refractivity contribution in [2.75, 3.05) is 7.11 Å². The summed E-state index contributed by atoms with van der Waals surface area (Å²) in [5, 5.41) is 0. The number of methoxy groups -OCH3 is 1. The summed E-state index contributed by atoms with van der Waals surface area (Å²) in [7, 11) is -2.47. The summed E-state index contributed by atoms with van der Waals surface area (Å²) in [5.41, 5.74) is -3.26. The summed E-state index contributed by atoms with van der Waals surface area (Å²) in [4.78, 5) is 0. The van der Waals surface area contributed by atoms with Gasteiger partial charge in [0.2, 0.25) is 5.50 Å². The van der Waals surface area contributed by atoms with Crippen LogP contribution >= 0.6 is 0 Å². The number of hydrogen-bond acceptors (Lipinski definition) is 3. The lowest BCUT2D eigenvalue weighted by Gasteiger charge is -2.08. The number of halogens is 3. The Labute approximate surface area is 85.4 Å². The second-order valence-corrected chi connectivity index (χ2v) is 3.63. The van der Waals surface area contributed by atoms with Crippen LogP contribution in [0.15, 0.2) is 12.1 Å². The van der Waals surface area contributed by atoms with Crippen molar-refractivity contribution in [1.82, 2.24) is 0 Å². The molecule has 1 aromatic carbocycles. The van der Waals surface area contributed by atoms with E-state index in [9.17, 15) is 21.6 Å². The minimum absolute atomic E-state index is 0.725. The van der Waals surface area contributed by atoms with E-state index in [2.05, 4.69) is 4.74 Å². The quantitative estimate of drug-likeness (QED) is 0.815. The average Bonchev–Trinajstić information content (AvgIpc) is 2.17. The van der Waals surface area contributed by atoms with Gasteiger partial charge in [0, 0.05) is 5.56 Å². The van der Waals surface area contributed by atoms with E-state index >= 15 is 0 Å². The van der Waals surface area contributed by atoms with Gasteiger partial charge in [0.25, 0.3) is 0 Å². The van der Waals surface area contributed by atoms with Gasteiger partial charge in [0.05, 0.1) is 7.11 Å². The molecule has 0 saturated carbocycles. The predicted molar refractivity (Wildman–Crippen MR) is 47.1 cm³/mol.